The molecule has 1 aliphatic carbocycles. The number of likely N-dealkylation sites (tertiary alicyclic amines) is 1. The van der Waals surface area contributed by atoms with Crippen molar-refractivity contribution in [1.82, 2.24) is 9.80 Å². The number of nitrogens with zero attached hydrogens (tertiary/aromatic N) is 2. The van der Waals surface area contributed by atoms with Gasteiger partial charge < -0.3 is 9.80 Å². The Bertz CT molecular complexity index is 225. The Kier molecular flexibility index (Phi) is 2.66. The SMILES string of the molecule is CCN(CC)C(=O)N1CC2CCC1C2. The molecule has 0 spiro atoms. The maximum Gasteiger partial charge on any atom is 0.320 e. The van der Waals surface area contributed by atoms with Crippen molar-refractivity contribution >= 4 is 6.03 Å². The lowest BCUT2D eigenvalue weighted by Gasteiger charge is -2.32. The molecule has 2 atom stereocenters. The van der Waals surface area contributed by atoms with Crippen LogP contribution in [0.2, 0.25) is 0 Å². The highest BCUT2D eigenvalue weighted by Crippen LogP contribution is 2.37. The van der Waals surface area contributed by atoms with Crippen LogP contribution in [0, 0.1) is 5.92 Å². The Balaban J connectivity index is 1.98. The predicted molar refractivity (Wildman–Crippen MR) is 56.2 cm³/mol. The average molecular weight is 196 g/mol. The minimum Gasteiger partial charge on any atom is -0.325 e. The van der Waals surface area contributed by atoms with Crippen LogP contribution >= 0.6 is 0 Å². The predicted octanol–water partition coefficient (Wildman–Crippen LogP) is 1.93. The standard InChI is InChI=1S/C11H20N2O/c1-3-12(4-2)11(14)13-8-9-5-6-10(13)7-9/h9-10H,3-8H2,1-2H3. The molecule has 2 amide bonds. The lowest BCUT2D eigenvalue weighted by atomic mass is 10.1. The van der Waals surface area contributed by atoms with Crippen LogP contribution in [0.15, 0.2) is 0 Å². The number of carbonyl (C=O) groups is 1. The van der Waals surface area contributed by atoms with Gasteiger partial charge in [-0.1, -0.05) is 0 Å². The zero-order valence-electron chi connectivity index (χ0n) is 9.20. The third-order valence-corrected chi connectivity index (χ3v) is 3.69. The fourth-order valence-corrected chi connectivity index (χ4v) is 2.83. The summed E-state index contributed by atoms with van der Waals surface area (Å²) < 4.78 is 0. The molecule has 14 heavy (non-hydrogen) atoms. The zero-order chi connectivity index (χ0) is 10.1. The lowest BCUT2D eigenvalue weighted by molar-refractivity contribution is 0.143. The first-order chi connectivity index (χ1) is 6.76. The van der Waals surface area contributed by atoms with E-state index in [4.69, 9.17) is 0 Å². The van der Waals surface area contributed by atoms with Crippen molar-refractivity contribution in [1.29, 1.82) is 0 Å². The van der Waals surface area contributed by atoms with Crippen molar-refractivity contribution in [2.24, 2.45) is 5.92 Å². The fourth-order valence-electron chi connectivity index (χ4n) is 2.83. The van der Waals surface area contributed by atoms with Crippen molar-refractivity contribution in [3.63, 3.8) is 0 Å². The molecule has 1 saturated carbocycles. The van der Waals surface area contributed by atoms with Crippen LogP contribution in [0.1, 0.15) is 33.1 Å². The number of urea groups is 1. The smallest absolute Gasteiger partial charge is 0.320 e. The Morgan fingerprint density at radius 3 is 2.50 bits per heavy atom. The molecular weight excluding hydrogens is 176 g/mol. The Labute approximate surface area is 86.1 Å². The van der Waals surface area contributed by atoms with E-state index in [0.717, 1.165) is 25.6 Å². The second-order valence-corrected chi connectivity index (χ2v) is 4.44. The molecular formula is C11H20N2O. The number of carbonyl (C=O) groups excluding carboxylic acids is 1. The summed E-state index contributed by atoms with van der Waals surface area (Å²) in [5.74, 6) is 0.805. The second kappa shape index (κ2) is 3.79. The molecule has 0 radical (unpaired) electrons. The molecule has 0 N–H and O–H groups in total. The van der Waals surface area contributed by atoms with Gasteiger partial charge in [0, 0.05) is 25.7 Å². The monoisotopic (exact) mass is 196 g/mol. The fraction of sp³-hybridized carbons (Fsp3) is 0.909. The molecule has 2 fully saturated rings. The normalized spacial score (nSPS) is 29.7. The topological polar surface area (TPSA) is 23.6 Å². The number of amides is 2. The van der Waals surface area contributed by atoms with Gasteiger partial charge >= 0.3 is 6.03 Å². The molecule has 2 bridgehead atoms. The van der Waals surface area contributed by atoms with Crippen molar-refractivity contribution in [2.75, 3.05) is 19.6 Å². The number of fused-ring (bicyclic) bond motifs is 2. The maximum absolute atomic E-state index is 12.0. The molecule has 1 aliphatic heterocycles. The van der Waals surface area contributed by atoms with Crippen molar-refractivity contribution in [2.45, 2.75) is 39.2 Å². The van der Waals surface area contributed by atoms with Gasteiger partial charge in [0.15, 0.2) is 0 Å². The first-order valence-corrected chi connectivity index (χ1v) is 5.81. The van der Waals surface area contributed by atoms with E-state index in [1.807, 2.05) is 4.90 Å². The van der Waals surface area contributed by atoms with Crippen LogP contribution in [0.5, 0.6) is 0 Å². The summed E-state index contributed by atoms with van der Waals surface area (Å²) in [7, 11) is 0. The van der Waals surface area contributed by atoms with Crippen molar-refractivity contribution in [3.8, 4) is 0 Å². The van der Waals surface area contributed by atoms with E-state index in [1.165, 1.54) is 19.3 Å². The Hall–Kier alpha value is -0.730. The number of piperidine rings is 1. The molecule has 1 saturated heterocycles. The Morgan fingerprint density at radius 2 is 2.07 bits per heavy atom. The molecule has 2 aliphatic rings. The zero-order valence-corrected chi connectivity index (χ0v) is 9.20. The molecule has 3 heteroatoms. The van der Waals surface area contributed by atoms with Gasteiger partial charge in [-0.15, -0.1) is 0 Å². The summed E-state index contributed by atoms with van der Waals surface area (Å²) in [6.07, 6.45) is 3.83. The average Bonchev–Trinajstić information content (AvgIpc) is 2.80. The molecule has 2 unspecified atom stereocenters. The van der Waals surface area contributed by atoms with Crippen LogP contribution in [-0.2, 0) is 0 Å². The largest absolute Gasteiger partial charge is 0.325 e. The molecule has 0 aromatic carbocycles. The van der Waals surface area contributed by atoms with Crippen molar-refractivity contribution in [3.05, 3.63) is 0 Å². The van der Waals surface area contributed by atoms with E-state index in [9.17, 15) is 4.79 Å². The molecule has 80 valence electrons. The van der Waals surface area contributed by atoms with Gasteiger partial charge in [-0.05, 0) is 39.0 Å². The van der Waals surface area contributed by atoms with E-state index < -0.39 is 0 Å². The summed E-state index contributed by atoms with van der Waals surface area (Å²) >= 11 is 0. The van der Waals surface area contributed by atoms with E-state index >= 15 is 0 Å². The molecule has 0 aromatic heterocycles. The van der Waals surface area contributed by atoms with E-state index in [2.05, 4.69) is 18.7 Å². The summed E-state index contributed by atoms with van der Waals surface area (Å²) in [5.41, 5.74) is 0. The van der Waals surface area contributed by atoms with Crippen LogP contribution < -0.4 is 0 Å². The third kappa shape index (κ3) is 1.49. The van der Waals surface area contributed by atoms with Crippen LogP contribution in [0.25, 0.3) is 0 Å². The van der Waals surface area contributed by atoms with Crippen LogP contribution in [0.4, 0.5) is 4.79 Å². The number of rotatable bonds is 2. The minimum absolute atomic E-state index is 0.266. The first-order valence-electron chi connectivity index (χ1n) is 5.81. The quantitative estimate of drug-likeness (QED) is 0.662. The van der Waals surface area contributed by atoms with E-state index in [-0.39, 0.29) is 6.03 Å². The minimum atomic E-state index is 0.266. The summed E-state index contributed by atoms with van der Waals surface area (Å²) in [4.78, 5) is 16.1. The van der Waals surface area contributed by atoms with E-state index in [0.29, 0.717) is 6.04 Å². The highest BCUT2D eigenvalue weighted by Gasteiger charge is 2.41. The van der Waals surface area contributed by atoms with Gasteiger partial charge in [0.25, 0.3) is 0 Å². The summed E-state index contributed by atoms with van der Waals surface area (Å²) in [6, 6.07) is 0.829. The second-order valence-electron chi connectivity index (χ2n) is 4.44. The third-order valence-electron chi connectivity index (χ3n) is 3.69. The highest BCUT2D eigenvalue weighted by molar-refractivity contribution is 5.75. The van der Waals surface area contributed by atoms with Gasteiger partial charge in [-0.3, -0.25) is 0 Å². The maximum atomic E-state index is 12.0. The molecule has 3 nitrogen and oxygen atoms in total. The van der Waals surface area contributed by atoms with Gasteiger partial charge in [0.1, 0.15) is 0 Å². The highest BCUT2D eigenvalue weighted by atomic mass is 16.2. The number of hydrogen-bond donors (Lipinski definition) is 0. The number of hydrogen-bond acceptors (Lipinski definition) is 1. The summed E-state index contributed by atoms with van der Waals surface area (Å²) in [5, 5.41) is 0. The van der Waals surface area contributed by atoms with Crippen molar-refractivity contribution < 1.29 is 4.79 Å². The molecule has 1 heterocycles. The molecule has 0 aromatic rings. The lowest BCUT2D eigenvalue weighted by Crippen LogP contribution is -2.46. The van der Waals surface area contributed by atoms with Gasteiger partial charge in [0.2, 0.25) is 0 Å². The van der Waals surface area contributed by atoms with Gasteiger partial charge in [-0.2, -0.15) is 0 Å². The summed E-state index contributed by atoms with van der Waals surface area (Å²) in [6.45, 7) is 6.79. The van der Waals surface area contributed by atoms with Gasteiger partial charge in [-0.25, -0.2) is 4.79 Å². The Morgan fingerprint density at radius 1 is 1.36 bits per heavy atom. The van der Waals surface area contributed by atoms with Gasteiger partial charge in [0.05, 0.1) is 0 Å². The van der Waals surface area contributed by atoms with Crippen LogP contribution in [0.3, 0.4) is 0 Å². The first kappa shape index (κ1) is 9.81. The van der Waals surface area contributed by atoms with Crippen LogP contribution in [-0.4, -0.2) is 41.5 Å². The van der Waals surface area contributed by atoms with E-state index in [1.54, 1.807) is 0 Å². The molecule has 2 rings (SSSR count).